The number of carbonyl (C=O) groups is 1. The Labute approximate surface area is 133 Å². The number of fused-ring (bicyclic) bond motifs is 1. The Morgan fingerprint density at radius 3 is 2.62 bits per heavy atom. The number of hydrogen-bond donors (Lipinski definition) is 0. The van der Waals surface area contributed by atoms with E-state index in [1.807, 2.05) is 23.1 Å². The fraction of sp³-hybridized carbons (Fsp3) is 0.438. The summed E-state index contributed by atoms with van der Waals surface area (Å²) >= 11 is 7.92. The maximum atomic E-state index is 12.7. The molecule has 0 bridgehead atoms. The minimum absolute atomic E-state index is 0.0714. The topological polar surface area (TPSA) is 29.5 Å². The van der Waals surface area contributed by atoms with E-state index in [2.05, 4.69) is 0 Å². The van der Waals surface area contributed by atoms with Gasteiger partial charge in [0.1, 0.15) is 10.6 Å². The van der Waals surface area contributed by atoms with E-state index in [0.717, 1.165) is 41.8 Å². The summed E-state index contributed by atoms with van der Waals surface area (Å²) in [4.78, 5) is 15.3. The van der Waals surface area contributed by atoms with Crippen LogP contribution in [-0.2, 0) is 0 Å². The fourth-order valence-corrected chi connectivity index (χ4v) is 4.18. The van der Waals surface area contributed by atoms with Gasteiger partial charge in [0.15, 0.2) is 0 Å². The molecule has 0 saturated carbocycles. The molecular weight excluding hydrogens is 306 g/mol. The Bertz CT molecular complexity index is 660. The standard InChI is InChI=1S/C16H18ClNO2S/c1-20-11-6-7-13-12(10-11)14(17)15(21-13)16(19)18-8-4-2-3-5-9-18/h6-7,10H,2-5,8-9H2,1H3. The van der Waals surface area contributed by atoms with Gasteiger partial charge in [0, 0.05) is 23.2 Å². The summed E-state index contributed by atoms with van der Waals surface area (Å²) in [7, 11) is 1.63. The van der Waals surface area contributed by atoms with Gasteiger partial charge >= 0.3 is 0 Å². The third-order valence-electron chi connectivity index (χ3n) is 3.92. The predicted octanol–water partition coefficient (Wildman–Crippen LogP) is 4.58. The number of halogens is 1. The number of rotatable bonds is 2. The third kappa shape index (κ3) is 2.87. The van der Waals surface area contributed by atoms with Crippen LogP contribution in [0.15, 0.2) is 18.2 Å². The van der Waals surface area contributed by atoms with E-state index >= 15 is 0 Å². The van der Waals surface area contributed by atoms with Gasteiger partial charge in [-0.05, 0) is 31.0 Å². The number of nitrogens with zero attached hydrogens (tertiary/aromatic N) is 1. The van der Waals surface area contributed by atoms with E-state index in [4.69, 9.17) is 16.3 Å². The summed E-state index contributed by atoms with van der Waals surface area (Å²) in [6.45, 7) is 1.68. The first-order chi connectivity index (χ1) is 10.2. The van der Waals surface area contributed by atoms with Gasteiger partial charge in [-0.3, -0.25) is 4.79 Å². The van der Waals surface area contributed by atoms with Crippen molar-refractivity contribution >= 4 is 38.9 Å². The molecule has 0 unspecified atom stereocenters. The SMILES string of the molecule is COc1ccc2sc(C(=O)N3CCCCCC3)c(Cl)c2c1. The molecule has 1 amide bonds. The van der Waals surface area contributed by atoms with Crippen molar-refractivity contribution in [2.24, 2.45) is 0 Å². The van der Waals surface area contributed by atoms with Crippen molar-refractivity contribution in [3.8, 4) is 5.75 Å². The fourth-order valence-electron chi connectivity index (χ4n) is 2.73. The summed E-state index contributed by atoms with van der Waals surface area (Å²) in [5.41, 5.74) is 0. The third-order valence-corrected chi connectivity index (χ3v) is 5.59. The zero-order valence-electron chi connectivity index (χ0n) is 12.0. The number of methoxy groups -OCH3 is 1. The molecule has 3 rings (SSSR count). The van der Waals surface area contributed by atoms with Crippen LogP contribution in [0.4, 0.5) is 0 Å². The van der Waals surface area contributed by atoms with Crippen molar-refractivity contribution in [1.29, 1.82) is 0 Å². The zero-order chi connectivity index (χ0) is 14.8. The summed E-state index contributed by atoms with van der Waals surface area (Å²) < 4.78 is 6.26. The summed E-state index contributed by atoms with van der Waals surface area (Å²) in [6.07, 6.45) is 4.59. The molecule has 2 aromatic rings. The molecule has 2 heterocycles. The molecular formula is C16H18ClNO2S. The Morgan fingerprint density at radius 1 is 1.24 bits per heavy atom. The lowest BCUT2D eigenvalue weighted by molar-refractivity contribution is 0.0766. The summed E-state index contributed by atoms with van der Waals surface area (Å²) in [6, 6.07) is 5.76. The van der Waals surface area contributed by atoms with Crippen LogP contribution in [-0.4, -0.2) is 31.0 Å². The van der Waals surface area contributed by atoms with Crippen LogP contribution in [0.5, 0.6) is 5.75 Å². The number of benzene rings is 1. The van der Waals surface area contributed by atoms with Crippen molar-refractivity contribution in [1.82, 2.24) is 4.90 Å². The molecule has 1 aromatic heterocycles. The number of ether oxygens (including phenoxy) is 1. The highest BCUT2D eigenvalue weighted by atomic mass is 35.5. The van der Waals surface area contributed by atoms with Crippen LogP contribution in [0.2, 0.25) is 5.02 Å². The molecule has 3 nitrogen and oxygen atoms in total. The van der Waals surface area contributed by atoms with Crippen molar-refractivity contribution in [2.45, 2.75) is 25.7 Å². The van der Waals surface area contributed by atoms with E-state index in [1.54, 1.807) is 7.11 Å². The molecule has 0 aliphatic carbocycles. The van der Waals surface area contributed by atoms with Crippen LogP contribution in [0.1, 0.15) is 35.4 Å². The number of hydrogen-bond acceptors (Lipinski definition) is 3. The molecule has 1 aliphatic heterocycles. The van der Waals surface area contributed by atoms with E-state index in [0.29, 0.717) is 9.90 Å². The number of thiophene rings is 1. The molecule has 112 valence electrons. The Morgan fingerprint density at radius 2 is 1.95 bits per heavy atom. The molecule has 21 heavy (non-hydrogen) atoms. The first-order valence-electron chi connectivity index (χ1n) is 7.26. The maximum Gasteiger partial charge on any atom is 0.265 e. The predicted molar refractivity (Wildman–Crippen MR) is 87.8 cm³/mol. The van der Waals surface area contributed by atoms with Gasteiger partial charge in [-0.25, -0.2) is 0 Å². The molecule has 1 fully saturated rings. The van der Waals surface area contributed by atoms with E-state index in [-0.39, 0.29) is 5.91 Å². The average Bonchev–Trinajstić information content (AvgIpc) is 2.71. The van der Waals surface area contributed by atoms with Crippen LogP contribution in [0.25, 0.3) is 10.1 Å². The number of likely N-dealkylation sites (tertiary alicyclic amines) is 1. The van der Waals surface area contributed by atoms with Crippen molar-refractivity contribution in [2.75, 3.05) is 20.2 Å². The van der Waals surface area contributed by atoms with E-state index < -0.39 is 0 Å². The summed E-state index contributed by atoms with van der Waals surface area (Å²) in [5.74, 6) is 0.832. The van der Waals surface area contributed by atoms with Gasteiger partial charge < -0.3 is 9.64 Å². The number of carbonyl (C=O) groups excluding carboxylic acids is 1. The molecule has 0 N–H and O–H groups in total. The highest BCUT2D eigenvalue weighted by Gasteiger charge is 2.23. The molecule has 0 radical (unpaired) electrons. The highest BCUT2D eigenvalue weighted by Crippen LogP contribution is 2.38. The lowest BCUT2D eigenvalue weighted by atomic mass is 10.2. The minimum Gasteiger partial charge on any atom is -0.497 e. The molecule has 0 spiro atoms. The largest absolute Gasteiger partial charge is 0.497 e. The van der Waals surface area contributed by atoms with E-state index in [1.165, 1.54) is 24.2 Å². The lowest BCUT2D eigenvalue weighted by Gasteiger charge is -2.19. The van der Waals surface area contributed by atoms with Gasteiger partial charge in [0.25, 0.3) is 5.91 Å². The second-order valence-corrected chi connectivity index (χ2v) is 6.74. The molecule has 1 aromatic carbocycles. The van der Waals surface area contributed by atoms with Gasteiger partial charge in [-0.15, -0.1) is 11.3 Å². The number of amides is 1. The van der Waals surface area contributed by atoms with Crippen molar-refractivity contribution in [3.63, 3.8) is 0 Å². The van der Waals surface area contributed by atoms with Crippen LogP contribution in [0, 0.1) is 0 Å². The molecule has 1 saturated heterocycles. The van der Waals surface area contributed by atoms with Gasteiger partial charge in [-0.1, -0.05) is 24.4 Å². The second kappa shape index (κ2) is 6.24. The Balaban J connectivity index is 1.95. The van der Waals surface area contributed by atoms with Crippen molar-refractivity contribution < 1.29 is 9.53 Å². The second-order valence-electron chi connectivity index (χ2n) is 5.31. The molecule has 1 aliphatic rings. The van der Waals surface area contributed by atoms with Gasteiger partial charge in [0.05, 0.1) is 12.1 Å². The van der Waals surface area contributed by atoms with Crippen LogP contribution < -0.4 is 4.74 Å². The molecule has 5 heteroatoms. The monoisotopic (exact) mass is 323 g/mol. The normalized spacial score (nSPS) is 16.0. The minimum atomic E-state index is 0.0714. The molecule has 0 atom stereocenters. The Hall–Kier alpha value is -1.26. The highest BCUT2D eigenvalue weighted by molar-refractivity contribution is 7.21. The van der Waals surface area contributed by atoms with Gasteiger partial charge in [-0.2, -0.15) is 0 Å². The first kappa shape index (κ1) is 14.7. The zero-order valence-corrected chi connectivity index (χ0v) is 13.6. The van der Waals surface area contributed by atoms with Crippen LogP contribution in [0.3, 0.4) is 0 Å². The maximum absolute atomic E-state index is 12.7. The Kier molecular flexibility index (Phi) is 4.36. The van der Waals surface area contributed by atoms with Crippen molar-refractivity contribution in [3.05, 3.63) is 28.1 Å². The lowest BCUT2D eigenvalue weighted by Crippen LogP contribution is -2.31. The smallest absolute Gasteiger partial charge is 0.265 e. The van der Waals surface area contributed by atoms with E-state index in [9.17, 15) is 4.79 Å². The summed E-state index contributed by atoms with van der Waals surface area (Å²) in [5, 5.41) is 1.46. The van der Waals surface area contributed by atoms with Crippen LogP contribution >= 0.6 is 22.9 Å². The quantitative estimate of drug-likeness (QED) is 0.809. The first-order valence-corrected chi connectivity index (χ1v) is 8.45. The average molecular weight is 324 g/mol. The van der Waals surface area contributed by atoms with Gasteiger partial charge in [0.2, 0.25) is 0 Å².